The molecular formula is C17H22ClNO5S. The van der Waals surface area contributed by atoms with Crippen LogP contribution in [0.5, 0.6) is 0 Å². The molecule has 2 rings (SSSR count). The lowest BCUT2D eigenvalue weighted by molar-refractivity contribution is -0.138. The van der Waals surface area contributed by atoms with Crippen LogP contribution in [0.25, 0.3) is 0 Å². The van der Waals surface area contributed by atoms with Gasteiger partial charge in [0.05, 0.1) is 4.90 Å². The number of carboxylic acid groups (broad SMARTS) is 1. The van der Waals surface area contributed by atoms with Gasteiger partial charge in [-0.2, -0.15) is 0 Å². The summed E-state index contributed by atoms with van der Waals surface area (Å²) in [6.07, 6.45) is 1.75. The minimum atomic E-state index is -3.87. The summed E-state index contributed by atoms with van der Waals surface area (Å²) in [7, 11) is -3.87. The fourth-order valence-corrected chi connectivity index (χ4v) is 5.42. The number of benzene rings is 1. The van der Waals surface area contributed by atoms with E-state index in [9.17, 15) is 18.0 Å². The van der Waals surface area contributed by atoms with Crippen LogP contribution in [0.2, 0.25) is 5.02 Å². The molecule has 1 saturated carbocycles. The Balaban J connectivity index is 2.24. The zero-order valence-corrected chi connectivity index (χ0v) is 15.6. The van der Waals surface area contributed by atoms with Gasteiger partial charge in [0.25, 0.3) is 0 Å². The largest absolute Gasteiger partial charge is 0.481 e. The van der Waals surface area contributed by atoms with E-state index in [2.05, 4.69) is 5.32 Å². The summed E-state index contributed by atoms with van der Waals surface area (Å²) in [5, 5.41) is 11.9. The maximum absolute atomic E-state index is 13.1. The Morgan fingerprint density at radius 1 is 1.24 bits per heavy atom. The maximum Gasteiger partial charge on any atom is 0.303 e. The van der Waals surface area contributed by atoms with Crippen LogP contribution in [0.1, 0.15) is 39.0 Å². The van der Waals surface area contributed by atoms with Crippen molar-refractivity contribution in [2.45, 2.75) is 48.7 Å². The first-order chi connectivity index (χ1) is 11.7. The van der Waals surface area contributed by atoms with Crippen LogP contribution in [0.15, 0.2) is 29.2 Å². The molecule has 1 atom stereocenters. The van der Waals surface area contributed by atoms with Crippen LogP contribution in [0.3, 0.4) is 0 Å². The topological polar surface area (TPSA) is 101 Å². The standard InChI is InChI=1S/C17H22ClNO5S/c1-12(10-15(20)21)11-19-16(22)17(8-2-3-9-17)25(23,24)14-6-4-13(18)5-7-14/h4-7,12H,2-3,8-11H2,1H3,(H,19,22)(H,20,21). The van der Waals surface area contributed by atoms with Crippen LogP contribution in [0, 0.1) is 5.92 Å². The molecule has 0 saturated heterocycles. The number of hydrogen-bond donors (Lipinski definition) is 2. The Kier molecular flexibility index (Phi) is 6.11. The molecule has 1 aliphatic carbocycles. The van der Waals surface area contributed by atoms with Crippen molar-refractivity contribution in [2.75, 3.05) is 6.54 Å². The minimum Gasteiger partial charge on any atom is -0.481 e. The molecule has 6 nitrogen and oxygen atoms in total. The smallest absolute Gasteiger partial charge is 0.303 e. The number of rotatable bonds is 7. The third-order valence-electron chi connectivity index (χ3n) is 4.60. The summed E-state index contributed by atoms with van der Waals surface area (Å²) in [6.45, 7) is 1.83. The summed E-state index contributed by atoms with van der Waals surface area (Å²) in [6, 6.07) is 5.81. The second-order valence-electron chi connectivity index (χ2n) is 6.57. The Labute approximate surface area is 152 Å². The molecule has 0 aliphatic heterocycles. The van der Waals surface area contributed by atoms with Crippen molar-refractivity contribution in [3.05, 3.63) is 29.3 Å². The Hall–Kier alpha value is -1.60. The van der Waals surface area contributed by atoms with E-state index in [1.165, 1.54) is 24.3 Å². The first kappa shape index (κ1) is 19.7. The lowest BCUT2D eigenvalue weighted by Gasteiger charge is -2.28. The lowest BCUT2D eigenvalue weighted by Crippen LogP contribution is -2.51. The summed E-state index contributed by atoms with van der Waals surface area (Å²) in [5.41, 5.74) is 0. The second-order valence-corrected chi connectivity index (χ2v) is 9.27. The molecule has 0 bridgehead atoms. The van der Waals surface area contributed by atoms with E-state index in [0.717, 1.165) is 0 Å². The van der Waals surface area contributed by atoms with Crippen molar-refractivity contribution in [3.63, 3.8) is 0 Å². The van der Waals surface area contributed by atoms with Gasteiger partial charge in [-0.3, -0.25) is 9.59 Å². The quantitative estimate of drug-likeness (QED) is 0.749. The van der Waals surface area contributed by atoms with Crippen LogP contribution >= 0.6 is 11.6 Å². The van der Waals surface area contributed by atoms with Crippen molar-refractivity contribution in [1.29, 1.82) is 0 Å². The van der Waals surface area contributed by atoms with Crippen LogP contribution in [0.4, 0.5) is 0 Å². The number of halogens is 1. The first-order valence-corrected chi connectivity index (χ1v) is 10.1. The highest BCUT2D eigenvalue weighted by atomic mass is 35.5. The van der Waals surface area contributed by atoms with E-state index in [-0.39, 0.29) is 36.6 Å². The van der Waals surface area contributed by atoms with E-state index in [1.54, 1.807) is 6.92 Å². The van der Waals surface area contributed by atoms with Gasteiger partial charge in [0.1, 0.15) is 0 Å². The molecule has 1 aromatic rings. The zero-order chi connectivity index (χ0) is 18.7. The van der Waals surface area contributed by atoms with Crippen LogP contribution in [-0.2, 0) is 19.4 Å². The highest BCUT2D eigenvalue weighted by Gasteiger charge is 2.52. The minimum absolute atomic E-state index is 0.0764. The molecule has 0 spiro atoms. The lowest BCUT2D eigenvalue weighted by atomic mass is 10.0. The number of carbonyl (C=O) groups excluding carboxylic acids is 1. The van der Waals surface area contributed by atoms with Crippen LogP contribution in [-0.4, -0.2) is 36.7 Å². The fraction of sp³-hybridized carbons (Fsp3) is 0.529. The van der Waals surface area contributed by atoms with Crippen LogP contribution < -0.4 is 5.32 Å². The number of amides is 1. The molecule has 1 amide bonds. The summed E-state index contributed by atoms with van der Waals surface area (Å²) in [5.74, 6) is -1.78. The summed E-state index contributed by atoms with van der Waals surface area (Å²) < 4.78 is 24.8. The Morgan fingerprint density at radius 3 is 2.32 bits per heavy atom. The average Bonchev–Trinajstić information content (AvgIpc) is 3.04. The number of carbonyl (C=O) groups is 2. The van der Waals surface area contributed by atoms with E-state index in [4.69, 9.17) is 16.7 Å². The molecule has 25 heavy (non-hydrogen) atoms. The van der Waals surface area contributed by atoms with Gasteiger partial charge in [0.15, 0.2) is 14.6 Å². The van der Waals surface area contributed by atoms with E-state index < -0.39 is 26.5 Å². The number of nitrogens with one attached hydrogen (secondary N) is 1. The fourth-order valence-electron chi connectivity index (χ4n) is 3.20. The molecule has 0 aromatic heterocycles. The first-order valence-electron chi connectivity index (χ1n) is 8.19. The van der Waals surface area contributed by atoms with Gasteiger partial charge in [-0.05, 0) is 43.0 Å². The molecule has 1 aromatic carbocycles. The number of aliphatic carboxylic acids is 1. The van der Waals surface area contributed by atoms with Gasteiger partial charge in [-0.1, -0.05) is 31.4 Å². The van der Waals surface area contributed by atoms with Gasteiger partial charge in [0, 0.05) is 18.0 Å². The van der Waals surface area contributed by atoms with Crippen molar-refractivity contribution in [1.82, 2.24) is 5.32 Å². The van der Waals surface area contributed by atoms with Crippen molar-refractivity contribution >= 4 is 33.3 Å². The number of hydrogen-bond acceptors (Lipinski definition) is 4. The molecule has 138 valence electrons. The molecule has 1 aliphatic rings. The molecule has 1 fully saturated rings. The van der Waals surface area contributed by atoms with Gasteiger partial charge in [0.2, 0.25) is 5.91 Å². The highest BCUT2D eigenvalue weighted by Crippen LogP contribution is 2.41. The summed E-state index contributed by atoms with van der Waals surface area (Å²) in [4.78, 5) is 23.6. The number of sulfone groups is 1. The monoisotopic (exact) mass is 387 g/mol. The Bertz CT molecular complexity index is 739. The van der Waals surface area contributed by atoms with Gasteiger partial charge in [-0.15, -0.1) is 0 Å². The van der Waals surface area contributed by atoms with Gasteiger partial charge < -0.3 is 10.4 Å². The van der Waals surface area contributed by atoms with E-state index >= 15 is 0 Å². The zero-order valence-electron chi connectivity index (χ0n) is 14.0. The molecule has 0 heterocycles. The number of carboxylic acids is 1. The molecule has 1 unspecified atom stereocenters. The SMILES string of the molecule is CC(CNC(=O)C1(S(=O)(=O)c2ccc(Cl)cc2)CCCC1)CC(=O)O. The van der Waals surface area contributed by atoms with Gasteiger partial charge in [-0.25, -0.2) is 8.42 Å². The van der Waals surface area contributed by atoms with E-state index in [1.807, 2.05) is 0 Å². The third-order valence-corrected chi connectivity index (χ3v) is 7.36. The van der Waals surface area contributed by atoms with Crippen molar-refractivity contribution in [3.8, 4) is 0 Å². The average molecular weight is 388 g/mol. The van der Waals surface area contributed by atoms with Gasteiger partial charge >= 0.3 is 5.97 Å². The maximum atomic E-state index is 13.1. The van der Waals surface area contributed by atoms with Crippen molar-refractivity contribution in [2.24, 2.45) is 5.92 Å². The van der Waals surface area contributed by atoms with E-state index in [0.29, 0.717) is 17.9 Å². The Morgan fingerprint density at radius 2 is 1.80 bits per heavy atom. The highest BCUT2D eigenvalue weighted by molar-refractivity contribution is 7.93. The molecular weight excluding hydrogens is 366 g/mol. The molecule has 8 heteroatoms. The third kappa shape index (κ3) is 4.15. The van der Waals surface area contributed by atoms with Crippen molar-refractivity contribution < 1.29 is 23.1 Å². The summed E-state index contributed by atoms with van der Waals surface area (Å²) >= 11 is 5.82. The predicted molar refractivity (Wildman–Crippen MR) is 94.3 cm³/mol. The molecule has 2 N–H and O–H groups in total. The molecule has 0 radical (unpaired) electrons. The predicted octanol–water partition coefficient (Wildman–Crippen LogP) is 2.65. The second kappa shape index (κ2) is 7.74. The normalized spacial score (nSPS) is 17.8.